The smallest absolute Gasteiger partial charge is 0.373 e. The van der Waals surface area contributed by atoms with Crippen LogP contribution in [-0.4, -0.2) is 20.2 Å². The molecule has 2 aromatic rings. The number of rotatable bonds is 4. The number of furan rings is 1. The van der Waals surface area contributed by atoms with Crippen LogP contribution in [-0.2, 0) is 4.74 Å². The molecule has 0 amide bonds. The maximum absolute atomic E-state index is 11.3. The van der Waals surface area contributed by atoms with Crippen LogP contribution >= 0.6 is 11.3 Å². The molecule has 0 aliphatic rings. The van der Waals surface area contributed by atoms with Crippen LogP contribution in [0.25, 0.3) is 0 Å². The Kier molecular flexibility index (Phi) is 3.69. The maximum atomic E-state index is 11.3. The van der Waals surface area contributed by atoms with Crippen LogP contribution in [0.1, 0.15) is 27.2 Å². The summed E-state index contributed by atoms with van der Waals surface area (Å²) in [6.07, 6.45) is 0. The highest BCUT2D eigenvalue weighted by molar-refractivity contribution is 7.10. The highest BCUT2D eigenvalue weighted by Crippen LogP contribution is 2.33. The van der Waals surface area contributed by atoms with E-state index < -0.39 is 12.0 Å². The molecule has 2 aromatic heterocycles. The van der Waals surface area contributed by atoms with Crippen LogP contribution in [0.3, 0.4) is 0 Å². The molecule has 18 heavy (non-hydrogen) atoms. The van der Waals surface area contributed by atoms with E-state index in [1.807, 2.05) is 11.4 Å². The Bertz CT molecular complexity index is 546. The Hall–Kier alpha value is -1.79. The topological polar surface area (TPSA) is 74.7 Å². The standard InChI is InChI=1S/C12H13NO4S/c1-15-8-5-6-18-11(8)10(13)7-3-4-9(17-7)12(14)16-2/h3-6,10H,13H2,1-2H3. The number of hydrogen-bond acceptors (Lipinski definition) is 6. The molecule has 0 saturated heterocycles. The Labute approximate surface area is 108 Å². The molecule has 2 heterocycles. The summed E-state index contributed by atoms with van der Waals surface area (Å²) >= 11 is 1.47. The predicted molar refractivity (Wildman–Crippen MR) is 66.9 cm³/mol. The molecule has 2 N–H and O–H groups in total. The molecule has 0 aliphatic carbocycles. The van der Waals surface area contributed by atoms with Gasteiger partial charge < -0.3 is 19.6 Å². The van der Waals surface area contributed by atoms with Gasteiger partial charge in [-0.3, -0.25) is 0 Å². The highest BCUT2D eigenvalue weighted by Gasteiger charge is 2.20. The number of carbonyl (C=O) groups is 1. The summed E-state index contributed by atoms with van der Waals surface area (Å²) in [7, 11) is 2.88. The van der Waals surface area contributed by atoms with Crippen LogP contribution in [0, 0.1) is 0 Å². The van der Waals surface area contributed by atoms with Crippen molar-refractivity contribution in [2.75, 3.05) is 14.2 Å². The number of ether oxygens (including phenoxy) is 2. The minimum absolute atomic E-state index is 0.137. The zero-order valence-corrected chi connectivity index (χ0v) is 10.8. The Morgan fingerprint density at radius 2 is 2.17 bits per heavy atom. The first-order valence-corrected chi connectivity index (χ1v) is 6.10. The third-order valence-electron chi connectivity index (χ3n) is 2.48. The summed E-state index contributed by atoms with van der Waals surface area (Å²) in [4.78, 5) is 12.1. The van der Waals surface area contributed by atoms with E-state index in [4.69, 9.17) is 14.9 Å². The largest absolute Gasteiger partial charge is 0.496 e. The lowest BCUT2D eigenvalue weighted by Gasteiger charge is -2.08. The summed E-state index contributed by atoms with van der Waals surface area (Å²) < 4.78 is 15.1. The van der Waals surface area contributed by atoms with E-state index in [2.05, 4.69) is 4.74 Å². The van der Waals surface area contributed by atoms with E-state index in [9.17, 15) is 4.79 Å². The van der Waals surface area contributed by atoms with E-state index in [-0.39, 0.29) is 5.76 Å². The maximum Gasteiger partial charge on any atom is 0.373 e. The van der Waals surface area contributed by atoms with Crippen molar-refractivity contribution in [1.82, 2.24) is 0 Å². The van der Waals surface area contributed by atoms with Gasteiger partial charge in [-0.1, -0.05) is 0 Å². The molecule has 1 atom stereocenters. The summed E-state index contributed by atoms with van der Waals surface area (Å²) in [6.45, 7) is 0. The highest BCUT2D eigenvalue weighted by atomic mass is 32.1. The van der Waals surface area contributed by atoms with Crippen LogP contribution < -0.4 is 10.5 Å². The third-order valence-corrected chi connectivity index (χ3v) is 3.46. The lowest BCUT2D eigenvalue weighted by atomic mass is 10.2. The average molecular weight is 267 g/mol. The fourth-order valence-electron chi connectivity index (χ4n) is 1.56. The van der Waals surface area contributed by atoms with E-state index in [1.165, 1.54) is 18.4 Å². The van der Waals surface area contributed by atoms with Crippen molar-refractivity contribution in [3.8, 4) is 5.75 Å². The number of hydrogen-bond donors (Lipinski definition) is 1. The molecule has 0 radical (unpaired) electrons. The fourth-order valence-corrected chi connectivity index (χ4v) is 2.43. The molecule has 0 spiro atoms. The van der Waals surface area contributed by atoms with Crippen molar-refractivity contribution in [3.05, 3.63) is 40.0 Å². The zero-order valence-electron chi connectivity index (χ0n) is 10.0. The normalized spacial score (nSPS) is 12.2. The second-order valence-electron chi connectivity index (χ2n) is 3.52. The molecule has 0 bridgehead atoms. The first kappa shape index (κ1) is 12.7. The minimum atomic E-state index is -0.522. The van der Waals surface area contributed by atoms with Crippen molar-refractivity contribution in [3.63, 3.8) is 0 Å². The molecular formula is C12H13NO4S. The molecule has 0 aromatic carbocycles. The fraction of sp³-hybridized carbons (Fsp3) is 0.250. The van der Waals surface area contributed by atoms with Gasteiger partial charge in [-0.05, 0) is 23.6 Å². The SMILES string of the molecule is COC(=O)c1ccc(C(N)c2sccc2OC)o1. The monoisotopic (exact) mass is 267 g/mol. The third kappa shape index (κ3) is 2.25. The van der Waals surface area contributed by atoms with Crippen LogP contribution in [0.4, 0.5) is 0 Å². The number of esters is 1. The van der Waals surface area contributed by atoms with Gasteiger partial charge in [0.2, 0.25) is 5.76 Å². The van der Waals surface area contributed by atoms with E-state index >= 15 is 0 Å². The number of methoxy groups -OCH3 is 2. The quantitative estimate of drug-likeness (QED) is 0.859. The Morgan fingerprint density at radius 1 is 1.39 bits per heavy atom. The number of carbonyl (C=O) groups excluding carboxylic acids is 1. The molecule has 5 nitrogen and oxygen atoms in total. The molecule has 2 rings (SSSR count). The van der Waals surface area contributed by atoms with Gasteiger partial charge in [0.05, 0.1) is 19.1 Å². The number of thiophene rings is 1. The van der Waals surface area contributed by atoms with Crippen LogP contribution in [0.2, 0.25) is 0 Å². The summed E-state index contributed by atoms with van der Waals surface area (Å²) in [6, 6.07) is 4.58. The summed E-state index contributed by atoms with van der Waals surface area (Å²) in [5.41, 5.74) is 6.08. The van der Waals surface area contributed by atoms with Crippen molar-refractivity contribution < 1.29 is 18.7 Å². The minimum Gasteiger partial charge on any atom is -0.496 e. The van der Waals surface area contributed by atoms with Gasteiger partial charge in [0.25, 0.3) is 0 Å². The predicted octanol–water partition coefficient (Wildman–Crippen LogP) is 2.18. The molecular weight excluding hydrogens is 254 g/mol. The lowest BCUT2D eigenvalue weighted by Crippen LogP contribution is -2.10. The van der Waals surface area contributed by atoms with Crippen molar-refractivity contribution in [1.29, 1.82) is 0 Å². The van der Waals surface area contributed by atoms with Gasteiger partial charge in [-0.25, -0.2) is 4.79 Å². The molecule has 6 heteroatoms. The zero-order chi connectivity index (χ0) is 13.1. The average Bonchev–Trinajstić information content (AvgIpc) is 3.05. The van der Waals surface area contributed by atoms with Gasteiger partial charge in [-0.2, -0.15) is 0 Å². The van der Waals surface area contributed by atoms with Crippen LogP contribution in [0.15, 0.2) is 28.0 Å². The van der Waals surface area contributed by atoms with Gasteiger partial charge in [0.1, 0.15) is 17.6 Å². The number of nitrogens with two attached hydrogens (primary N) is 1. The lowest BCUT2D eigenvalue weighted by molar-refractivity contribution is 0.0563. The summed E-state index contributed by atoms with van der Waals surface area (Å²) in [5.74, 6) is 0.824. The molecule has 0 aliphatic heterocycles. The molecule has 1 unspecified atom stereocenters. The first-order valence-electron chi connectivity index (χ1n) is 5.22. The van der Waals surface area contributed by atoms with Gasteiger partial charge >= 0.3 is 5.97 Å². The first-order chi connectivity index (χ1) is 8.67. The van der Waals surface area contributed by atoms with E-state index in [0.29, 0.717) is 11.5 Å². The second-order valence-corrected chi connectivity index (χ2v) is 4.47. The Morgan fingerprint density at radius 3 is 2.83 bits per heavy atom. The second kappa shape index (κ2) is 5.24. The summed E-state index contributed by atoms with van der Waals surface area (Å²) in [5, 5.41) is 1.89. The van der Waals surface area contributed by atoms with Crippen LogP contribution in [0.5, 0.6) is 5.75 Å². The van der Waals surface area contributed by atoms with E-state index in [0.717, 1.165) is 4.88 Å². The van der Waals surface area contributed by atoms with E-state index in [1.54, 1.807) is 19.2 Å². The van der Waals surface area contributed by atoms with Gasteiger partial charge in [-0.15, -0.1) is 11.3 Å². The molecule has 0 fully saturated rings. The van der Waals surface area contributed by atoms with Crippen molar-refractivity contribution in [2.45, 2.75) is 6.04 Å². The Balaban J connectivity index is 2.26. The van der Waals surface area contributed by atoms with Crippen molar-refractivity contribution in [2.24, 2.45) is 5.73 Å². The molecule has 0 saturated carbocycles. The van der Waals surface area contributed by atoms with Gasteiger partial charge in [0, 0.05) is 0 Å². The molecule has 96 valence electrons. The van der Waals surface area contributed by atoms with Gasteiger partial charge in [0.15, 0.2) is 0 Å². The van der Waals surface area contributed by atoms with Crippen molar-refractivity contribution >= 4 is 17.3 Å².